The summed E-state index contributed by atoms with van der Waals surface area (Å²) in [5, 5.41) is 10.3. The number of nitro groups is 1. The minimum atomic E-state index is -3.03. The van der Waals surface area contributed by atoms with Crippen LogP contribution in [0.15, 0.2) is 6.07 Å². The molecule has 0 aliphatic carbocycles. The quantitative estimate of drug-likeness (QED) is 0.644. The van der Waals surface area contributed by atoms with Crippen molar-refractivity contribution in [3.63, 3.8) is 0 Å². The first-order valence-corrected chi connectivity index (χ1v) is 4.17. The Morgan fingerprint density at radius 1 is 1.67 bits per heavy atom. The van der Waals surface area contributed by atoms with E-state index in [1.807, 2.05) is 0 Å². The Hall–Kier alpha value is -1.34. The van der Waals surface area contributed by atoms with Crippen LogP contribution >= 0.6 is 11.6 Å². The van der Waals surface area contributed by atoms with Crippen LogP contribution in [-0.2, 0) is 6.54 Å². The van der Waals surface area contributed by atoms with Crippen LogP contribution in [0.2, 0.25) is 5.02 Å². The Labute approximate surface area is 88.0 Å². The molecular formula is C7H6ClF2N3O2. The minimum absolute atomic E-state index is 0.0116. The van der Waals surface area contributed by atoms with Crippen molar-refractivity contribution in [2.75, 3.05) is 0 Å². The molecule has 1 aromatic heterocycles. The Balaban J connectivity index is 3.38. The van der Waals surface area contributed by atoms with Gasteiger partial charge < -0.3 is 5.73 Å². The van der Waals surface area contributed by atoms with Crippen LogP contribution in [-0.4, -0.2) is 9.91 Å². The molecule has 0 aliphatic heterocycles. The monoisotopic (exact) mass is 237 g/mol. The van der Waals surface area contributed by atoms with Gasteiger partial charge in [0.25, 0.3) is 12.1 Å². The second-order valence-corrected chi connectivity index (χ2v) is 2.99. The van der Waals surface area contributed by atoms with Crippen LogP contribution in [0.25, 0.3) is 0 Å². The van der Waals surface area contributed by atoms with Crippen molar-refractivity contribution in [2.45, 2.75) is 13.0 Å². The van der Waals surface area contributed by atoms with Crippen LogP contribution in [0.3, 0.4) is 0 Å². The SMILES string of the molecule is NCc1nc(C(F)F)c([N+](=O)[O-])cc1Cl. The van der Waals surface area contributed by atoms with E-state index in [0.29, 0.717) is 0 Å². The third-order valence-electron chi connectivity index (χ3n) is 1.65. The molecule has 0 radical (unpaired) electrons. The minimum Gasteiger partial charge on any atom is -0.325 e. The lowest BCUT2D eigenvalue weighted by Crippen LogP contribution is -2.06. The van der Waals surface area contributed by atoms with Gasteiger partial charge in [-0.3, -0.25) is 10.1 Å². The number of pyridine rings is 1. The average molecular weight is 238 g/mol. The molecule has 5 nitrogen and oxygen atoms in total. The van der Waals surface area contributed by atoms with Gasteiger partial charge in [-0.2, -0.15) is 0 Å². The summed E-state index contributed by atoms with van der Waals surface area (Å²) < 4.78 is 24.8. The molecule has 0 aliphatic rings. The molecule has 8 heteroatoms. The summed E-state index contributed by atoms with van der Waals surface area (Å²) >= 11 is 5.56. The maximum Gasteiger partial charge on any atom is 0.298 e. The Morgan fingerprint density at radius 3 is 2.67 bits per heavy atom. The van der Waals surface area contributed by atoms with Crippen molar-refractivity contribution in [1.82, 2.24) is 4.98 Å². The molecule has 0 bridgehead atoms. The van der Waals surface area contributed by atoms with Crippen LogP contribution < -0.4 is 5.73 Å². The molecule has 2 N–H and O–H groups in total. The fraction of sp³-hybridized carbons (Fsp3) is 0.286. The van der Waals surface area contributed by atoms with Gasteiger partial charge in [-0.15, -0.1) is 0 Å². The molecule has 0 fully saturated rings. The first kappa shape index (κ1) is 11.7. The molecule has 15 heavy (non-hydrogen) atoms. The maximum atomic E-state index is 12.4. The van der Waals surface area contributed by atoms with Gasteiger partial charge in [0.05, 0.1) is 15.6 Å². The van der Waals surface area contributed by atoms with E-state index in [0.717, 1.165) is 6.07 Å². The highest BCUT2D eigenvalue weighted by molar-refractivity contribution is 6.31. The normalized spacial score (nSPS) is 10.7. The zero-order chi connectivity index (χ0) is 11.6. The number of nitrogens with zero attached hydrogens (tertiary/aromatic N) is 2. The van der Waals surface area contributed by atoms with Crippen LogP contribution in [0, 0.1) is 10.1 Å². The molecule has 82 valence electrons. The van der Waals surface area contributed by atoms with E-state index in [2.05, 4.69) is 4.98 Å². The molecular weight excluding hydrogens is 232 g/mol. The van der Waals surface area contributed by atoms with E-state index in [1.54, 1.807) is 0 Å². The molecule has 1 rings (SSSR count). The molecule has 0 amide bonds. The number of nitrogens with two attached hydrogens (primary N) is 1. The van der Waals surface area contributed by atoms with Gasteiger partial charge in [-0.05, 0) is 0 Å². The van der Waals surface area contributed by atoms with Crippen molar-refractivity contribution in [2.24, 2.45) is 5.73 Å². The van der Waals surface area contributed by atoms with Gasteiger partial charge in [0.2, 0.25) is 0 Å². The Kier molecular flexibility index (Phi) is 3.48. The van der Waals surface area contributed by atoms with Gasteiger partial charge in [0, 0.05) is 12.6 Å². The highest BCUT2D eigenvalue weighted by Gasteiger charge is 2.25. The third-order valence-corrected chi connectivity index (χ3v) is 1.98. The summed E-state index contributed by atoms with van der Waals surface area (Å²) in [4.78, 5) is 12.8. The molecule has 0 spiro atoms. The zero-order valence-corrected chi connectivity index (χ0v) is 8.04. The third kappa shape index (κ3) is 2.37. The van der Waals surface area contributed by atoms with E-state index in [9.17, 15) is 18.9 Å². The molecule has 0 atom stereocenters. The van der Waals surface area contributed by atoms with E-state index in [4.69, 9.17) is 17.3 Å². The second kappa shape index (κ2) is 4.45. The lowest BCUT2D eigenvalue weighted by molar-refractivity contribution is -0.386. The van der Waals surface area contributed by atoms with Crippen LogP contribution in [0.5, 0.6) is 0 Å². The maximum absolute atomic E-state index is 12.4. The molecule has 0 saturated heterocycles. The number of aromatic nitrogens is 1. The molecule has 1 heterocycles. The standard InChI is InChI=1S/C7H6ClF2N3O2/c8-3-1-5(13(14)15)6(7(9)10)12-4(3)2-11/h1,7H,2,11H2. The van der Waals surface area contributed by atoms with Crippen LogP contribution in [0.4, 0.5) is 14.5 Å². The van der Waals surface area contributed by atoms with Gasteiger partial charge in [0.15, 0.2) is 5.69 Å². The summed E-state index contributed by atoms with van der Waals surface area (Å²) in [7, 11) is 0. The van der Waals surface area contributed by atoms with E-state index in [1.165, 1.54) is 0 Å². The fourth-order valence-electron chi connectivity index (χ4n) is 0.983. The highest BCUT2D eigenvalue weighted by Crippen LogP contribution is 2.30. The first-order valence-electron chi connectivity index (χ1n) is 3.79. The fourth-order valence-corrected chi connectivity index (χ4v) is 1.21. The topological polar surface area (TPSA) is 82.0 Å². The van der Waals surface area contributed by atoms with Gasteiger partial charge in [0.1, 0.15) is 0 Å². The number of hydrogen-bond donors (Lipinski definition) is 1. The summed E-state index contributed by atoms with van der Waals surface area (Å²) in [5.41, 5.74) is 3.48. The molecule has 0 unspecified atom stereocenters. The first-order chi connectivity index (χ1) is 6.97. The van der Waals surface area contributed by atoms with Crippen molar-refractivity contribution in [3.8, 4) is 0 Å². The number of hydrogen-bond acceptors (Lipinski definition) is 4. The van der Waals surface area contributed by atoms with Crippen molar-refractivity contribution < 1.29 is 13.7 Å². The van der Waals surface area contributed by atoms with E-state index >= 15 is 0 Å². The Bertz CT molecular complexity index is 400. The largest absolute Gasteiger partial charge is 0.325 e. The predicted molar refractivity (Wildman–Crippen MR) is 48.7 cm³/mol. The zero-order valence-electron chi connectivity index (χ0n) is 7.28. The van der Waals surface area contributed by atoms with Gasteiger partial charge in [-0.1, -0.05) is 11.6 Å². The van der Waals surface area contributed by atoms with E-state index < -0.39 is 22.7 Å². The lowest BCUT2D eigenvalue weighted by Gasteiger charge is -2.05. The van der Waals surface area contributed by atoms with Crippen molar-refractivity contribution >= 4 is 17.3 Å². The number of rotatable bonds is 3. The summed E-state index contributed by atoms with van der Waals surface area (Å²) in [6, 6.07) is 0.832. The van der Waals surface area contributed by atoms with Crippen molar-refractivity contribution in [1.29, 1.82) is 0 Å². The summed E-state index contributed by atoms with van der Waals surface area (Å²) in [6.45, 7) is -0.156. The average Bonchev–Trinajstić information content (AvgIpc) is 2.16. The van der Waals surface area contributed by atoms with Crippen LogP contribution in [0.1, 0.15) is 17.8 Å². The van der Waals surface area contributed by atoms with Gasteiger partial charge in [-0.25, -0.2) is 13.8 Å². The molecule has 0 aromatic carbocycles. The Morgan fingerprint density at radius 2 is 2.27 bits per heavy atom. The lowest BCUT2D eigenvalue weighted by atomic mass is 10.2. The smallest absolute Gasteiger partial charge is 0.298 e. The summed E-state index contributed by atoms with van der Waals surface area (Å²) in [6.07, 6.45) is -3.03. The number of halogens is 3. The second-order valence-electron chi connectivity index (χ2n) is 2.58. The van der Waals surface area contributed by atoms with Crippen molar-refractivity contribution in [3.05, 3.63) is 32.6 Å². The van der Waals surface area contributed by atoms with Gasteiger partial charge >= 0.3 is 0 Å². The molecule has 1 aromatic rings. The predicted octanol–water partition coefficient (Wildman–Crippen LogP) is 2.04. The molecule has 0 saturated carbocycles. The summed E-state index contributed by atoms with van der Waals surface area (Å²) in [5.74, 6) is 0. The highest BCUT2D eigenvalue weighted by atomic mass is 35.5. The number of alkyl halides is 2. The van der Waals surface area contributed by atoms with E-state index in [-0.39, 0.29) is 17.3 Å².